The molecule has 3 aliphatic rings. The van der Waals surface area contributed by atoms with Gasteiger partial charge in [0.25, 0.3) is 0 Å². The van der Waals surface area contributed by atoms with Crippen LogP contribution in [0.15, 0.2) is 30.3 Å². The van der Waals surface area contributed by atoms with Crippen LogP contribution in [-0.4, -0.2) is 210 Å². The summed E-state index contributed by atoms with van der Waals surface area (Å²) in [7, 11) is 0. The molecule has 0 radical (unpaired) electrons. The number of aliphatic carboxylic acids is 1. The summed E-state index contributed by atoms with van der Waals surface area (Å²) in [5.74, 6) is -2.36. The fourth-order valence-electron chi connectivity index (χ4n) is 6.20. The number of carbonyl (C=O) groups is 3. The quantitative estimate of drug-likeness (QED) is 0.0656. The Balaban J connectivity index is 1.54. The van der Waals surface area contributed by atoms with E-state index < -0.39 is 162 Å². The zero-order valence-corrected chi connectivity index (χ0v) is 29.8. The minimum absolute atomic E-state index is 0.255. The molecule has 3 heterocycles. The predicted molar refractivity (Wildman–Crippen MR) is 178 cm³/mol. The molecule has 3 fully saturated rings. The Morgan fingerprint density at radius 3 is 1.84 bits per heavy atom. The Kier molecular flexibility index (Phi) is 17.0. The highest BCUT2D eigenvalue weighted by Crippen LogP contribution is 2.31. The highest BCUT2D eigenvalue weighted by atomic mass is 16.7. The summed E-state index contributed by atoms with van der Waals surface area (Å²) < 4.78 is 38.6. The highest BCUT2D eigenvalue weighted by molar-refractivity contribution is 5.81. The molecule has 56 heavy (non-hydrogen) atoms. The molecule has 0 unspecified atom stereocenters. The topological polar surface area (TPSA) is 368 Å². The number of benzene rings is 1. The monoisotopic (exact) mass is 810 g/mol. The molecule has 0 spiro atoms. The predicted octanol–water partition coefficient (Wildman–Crippen LogP) is -6.19. The Morgan fingerprint density at radius 1 is 0.714 bits per heavy atom. The Labute approximate surface area is 318 Å². The summed E-state index contributed by atoms with van der Waals surface area (Å²) >= 11 is 0. The van der Waals surface area contributed by atoms with Crippen LogP contribution in [0.4, 0.5) is 4.79 Å². The summed E-state index contributed by atoms with van der Waals surface area (Å²) in [6.45, 7) is -3.78. The number of aliphatic hydroxyl groups excluding tert-OH is 10. The number of ether oxygens (including phenoxy) is 7. The van der Waals surface area contributed by atoms with Crippen molar-refractivity contribution in [2.45, 2.75) is 118 Å². The lowest BCUT2D eigenvalue weighted by molar-refractivity contribution is -0.366. The van der Waals surface area contributed by atoms with Crippen molar-refractivity contribution in [3.05, 3.63) is 35.9 Å². The van der Waals surface area contributed by atoms with Gasteiger partial charge in [-0.05, 0) is 12.0 Å². The van der Waals surface area contributed by atoms with Crippen molar-refractivity contribution >= 4 is 18.0 Å². The second-order valence-corrected chi connectivity index (χ2v) is 13.3. The lowest BCUT2D eigenvalue weighted by atomic mass is 9.96. The first kappa shape index (κ1) is 45.5. The molecule has 3 aliphatic heterocycles. The largest absolute Gasteiger partial charge is 0.480 e. The molecule has 1 aromatic rings. The lowest BCUT2D eigenvalue weighted by Crippen LogP contribution is -2.65. The first-order valence-corrected chi connectivity index (χ1v) is 17.6. The molecule has 4 rings (SSSR count). The van der Waals surface area contributed by atoms with Crippen molar-refractivity contribution in [2.75, 3.05) is 33.0 Å². The van der Waals surface area contributed by atoms with Crippen molar-refractivity contribution in [2.24, 2.45) is 5.73 Å². The molecular formula is C33H50N2O21. The number of aliphatic hydroxyl groups is 10. The number of carboxylic acids is 1. The first-order chi connectivity index (χ1) is 26.6. The number of carbonyl (C=O) groups excluding carboxylic acids is 2. The van der Waals surface area contributed by atoms with Gasteiger partial charge in [-0.25, -0.2) is 9.59 Å². The van der Waals surface area contributed by atoms with Gasteiger partial charge in [0.1, 0.15) is 85.9 Å². The van der Waals surface area contributed by atoms with E-state index in [1.54, 1.807) is 30.3 Å². The third kappa shape index (κ3) is 11.3. The second kappa shape index (κ2) is 21.0. The number of primary amides is 1. The fraction of sp³-hybridized carbons (Fsp3) is 0.727. The van der Waals surface area contributed by atoms with Crippen LogP contribution >= 0.6 is 0 Å². The van der Waals surface area contributed by atoms with E-state index in [-0.39, 0.29) is 6.61 Å². The average molecular weight is 811 g/mol. The summed E-state index contributed by atoms with van der Waals surface area (Å²) in [6.07, 6.45) is -28.7. The van der Waals surface area contributed by atoms with Crippen LogP contribution in [0, 0.1) is 0 Å². The third-order valence-corrected chi connectivity index (χ3v) is 9.43. The summed E-state index contributed by atoms with van der Waals surface area (Å²) in [5, 5.41) is 113. The molecule has 0 saturated carbocycles. The Bertz CT molecular complexity index is 1390. The molecule has 0 aromatic heterocycles. The van der Waals surface area contributed by atoms with E-state index in [4.69, 9.17) is 38.9 Å². The molecule has 23 heteroatoms. The van der Waals surface area contributed by atoms with Gasteiger partial charge in [0.05, 0.1) is 26.4 Å². The number of nitrogens with zero attached hydrogens (tertiary/aromatic N) is 1. The van der Waals surface area contributed by atoms with Crippen LogP contribution in [0.5, 0.6) is 0 Å². The highest BCUT2D eigenvalue weighted by Gasteiger charge is 2.52. The molecule has 0 bridgehead atoms. The summed E-state index contributed by atoms with van der Waals surface area (Å²) in [5.41, 5.74) is 5.79. The SMILES string of the molecule is NC(=O)CC[C@@H](C(=O)O)N(CCO[C@H]1O[C@H](CO[C@H]2O[C@H](CO)[C@@H](O)[C@H](O)[C@@H]2O)[C@@H](O)[C@H](O[C@H]2O[C@H](CO)[C@@H](O)[C@H](O)[C@@H]2O)[C@@H]1O)C(=O)OCc1ccccc1. The van der Waals surface area contributed by atoms with Gasteiger partial charge in [-0.3, -0.25) is 9.69 Å². The molecule has 23 nitrogen and oxygen atoms in total. The maximum absolute atomic E-state index is 13.2. The number of hydrogen-bond donors (Lipinski definition) is 12. The van der Waals surface area contributed by atoms with Crippen LogP contribution < -0.4 is 5.73 Å². The van der Waals surface area contributed by atoms with E-state index >= 15 is 0 Å². The average Bonchev–Trinajstić information content (AvgIpc) is 3.18. The number of amides is 2. The summed E-state index contributed by atoms with van der Waals surface area (Å²) in [6, 6.07) is 6.76. The second-order valence-electron chi connectivity index (χ2n) is 13.3. The number of carboxylic acid groups (broad SMARTS) is 1. The van der Waals surface area contributed by atoms with Crippen molar-refractivity contribution in [1.82, 2.24) is 4.90 Å². The molecule has 16 atom stereocenters. The van der Waals surface area contributed by atoms with Gasteiger partial charge in [-0.1, -0.05) is 30.3 Å². The van der Waals surface area contributed by atoms with Gasteiger partial charge < -0.3 is 95.1 Å². The Morgan fingerprint density at radius 2 is 1.27 bits per heavy atom. The molecular weight excluding hydrogens is 760 g/mol. The normalized spacial score (nSPS) is 36.7. The fourth-order valence-corrected chi connectivity index (χ4v) is 6.20. The number of hydrogen-bond acceptors (Lipinski definition) is 20. The van der Waals surface area contributed by atoms with Gasteiger partial charge in [0.15, 0.2) is 18.9 Å². The lowest BCUT2D eigenvalue weighted by Gasteiger charge is -2.46. The zero-order valence-electron chi connectivity index (χ0n) is 29.8. The minimum Gasteiger partial charge on any atom is -0.480 e. The zero-order chi connectivity index (χ0) is 41.3. The van der Waals surface area contributed by atoms with Gasteiger partial charge in [-0.2, -0.15) is 0 Å². The molecule has 3 saturated heterocycles. The molecule has 2 amide bonds. The van der Waals surface area contributed by atoms with Crippen molar-refractivity contribution in [3.63, 3.8) is 0 Å². The van der Waals surface area contributed by atoms with Crippen LogP contribution in [0.25, 0.3) is 0 Å². The van der Waals surface area contributed by atoms with Crippen molar-refractivity contribution < 1.29 is 104 Å². The van der Waals surface area contributed by atoms with E-state index in [0.29, 0.717) is 5.56 Å². The van der Waals surface area contributed by atoms with Crippen molar-refractivity contribution in [1.29, 1.82) is 0 Å². The van der Waals surface area contributed by atoms with Gasteiger partial charge in [0.2, 0.25) is 5.91 Å². The minimum atomic E-state index is -2.00. The summed E-state index contributed by atoms with van der Waals surface area (Å²) in [4.78, 5) is 37.8. The van der Waals surface area contributed by atoms with Crippen LogP contribution in [0.3, 0.4) is 0 Å². The van der Waals surface area contributed by atoms with Gasteiger partial charge in [0, 0.05) is 13.0 Å². The maximum atomic E-state index is 13.2. The van der Waals surface area contributed by atoms with E-state index in [9.17, 15) is 70.6 Å². The van der Waals surface area contributed by atoms with Crippen LogP contribution in [-0.2, 0) is 49.4 Å². The number of rotatable bonds is 18. The third-order valence-electron chi connectivity index (χ3n) is 9.43. The van der Waals surface area contributed by atoms with Crippen LogP contribution in [0.1, 0.15) is 18.4 Å². The van der Waals surface area contributed by atoms with Crippen LogP contribution in [0.2, 0.25) is 0 Å². The standard InChI is InChI=1S/C33H50N2O21/c34-19(38)7-6-15(29(47)48)35(33(49)52-12-14-4-2-1-3-5-14)8-9-50-31-27(46)28(56-32-26(45)24(43)21(40)17(11-37)54-32)22(41)18(55-31)13-51-30-25(44)23(42)20(39)16(10-36)53-30/h1-5,15-18,20-28,30-32,36-37,39-46H,6-13H2,(H2,34,38)(H,47,48)/t15-,16+,17+,18+,20+,21+,22+,23-,24-,25-,26-,27-,28-,30-,31-,32+/m0/s1. The van der Waals surface area contributed by atoms with Gasteiger partial charge in [-0.15, -0.1) is 0 Å². The Hall–Kier alpha value is -3.21. The van der Waals surface area contributed by atoms with E-state index in [1.165, 1.54) is 0 Å². The smallest absolute Gasteiger partial charge is 0.410 e. The molecule has 0 aliphatic carbocycles. The molecule has 1 aromatic carbocycles. The van der Waals surface area contributed by atoms with Gasteiger partial charge >= 0.3 is 12.1 Å². The number of nitrogens with two attached hydrogens (primary N) is 1. The maximum Gasteiger partial charge on any atom is 0.410 e. The molecule has 318 valence electrons. The van der Waals surface area contributed by atoms with E-state index in [2.05, 4.69) is 0 Å². The first-order valence-electron chi connectivity index (χ1n) is 17.6. The molecule has 13 N–H and O–H groups in total. The van der Waals surface area contributed by atoms with E-state index in [0.717, 1.165) is 4.90 Å². The van der Waals surface area contributed by atoms with E-state index in [1.807, 2.05) is 0 Å². The van der Waals surface area contributed by atoms with Crippen molar-refractivity contribution in [3.8, 4) is 0 Å².